The third-order valence-corrected chi connectivity index (χ3v) is 4.98. The smallest absolute Gasteiger partial charge is 0.411 e. The molecule has 0 unspecified atom stereocenters. The van der Waals surface area contributed by atoms with E-state index in [1.807, 2.05) is 0 Å². The minimum Gasteiger partial charge on any atom is -0.477 e. The maximum absolute atomic E-state index is 13.2. The Hall–Kier alpha value is -2.67. The molecule has 0 spiro atoms. The number of carbonyl (C=O) groups excluding carboxylic acids is 1. The van der Waals surface area contributed by atoms with Crippen LogP contribution >= 0.6 is 11.6 Å². The maximum Gasteiger partial charge on any atom is 0.411 e. The first-order chi connectivity index (χ1) is 13.7. The van der Waals surface area contributed by atoms with Crippen LogP contribution in [0.2, 0.25) is 5.02 Å². The lowest BCUT2D eigenvalue weighted by Crippen LogP contribution is -2.44. The number of carbonyl (C=O) groups is 2. The molecule has 0 radical (unpaired) electrons. The third kappa shape index (κ3) is 4.85. The van der Waals surface area contributed by atoms with Gasteiger partial charge in [0.15, 0.2) is 0 Å². The summed E-state index contributed by atoms with van der Waals surface area (Å²) in [4.78, 5) is 34.9. The molecule has 7 nitrogen and oxygen atoms in total. The van der Waals surface area contributed by atoms with Gasteiger partial charge in [-0.2, -0.15) is 0 Å². The molecule has 0 aromatic carbocycles. The zero-order valence-corrected chi connectivity index (χ0v) is 17.4. The molecule has 1 saturated heterocycles. The van der Waals surface area contributed by atoms with Crippen LogP contribution in [0.3, 0.4) is 0 Å². The molecule has 2 aromatic heterocycles. The Balaban J connectivity index is 2.06. The summed E-state index contributed by atoms with van der Waals surface area (Å²) in [5, 5.41) is 9.78. The second-order valence-electron chi connectivity index (χ2n) is 7.97. The predicted octanol–water partition coefficient (Wildman–Crippen LogP) is 5.03. The number of carboxylic acids is 1. The van der Waals surface area contributed by atoms with Gasteiger partial charge in [0.2, 0.25) is 0 Å². The molecule has 154 valence electrons. The van der Waals surface area contributed by atoms with E-state index in [4.69, 9.17) is 16.3 Å². The summed E-state index contributed by atoms with van der Waals surface area (Å²) < 4.78 is 5.67. The summed E-state index contributed by atoms with van der Waals surface area (Å²) in [5.41, 5.74) is 0.352. The van der Waals surface area contributed by atoms with Gasteiger partial charge in [-0.1, -0.05) is 17.7 Å². The molecule has 1 aliphatic rings. The number of ether oxygens (including phenoxy) is 1. The Bertz CT molecular complexity index is 913. The Morgan fingerprint density at radius 2 is 1.90 bits per heavy atom. The van der Waals surface area contributed by atoms with Gasteiger partial charge in [-0.25, -0.2) is 14.6 Å². The van der Waals surface area contributed by atoms with Crippen LogP contribution in [0.4, 0.5) is 4.79 Å². The highest BCUT2D eigenvalue weighted by atomic mass is 35.5. The number of hydrogen-bond acceptors (Lipinski definition) is 5. The van der Waals surface area contributed by atoms with E-state index in [0.717, 1.165) is 6.42 Å². The molecule has 1 amide bonds. The van der Waals surface area contributed by atoms with Gasteiger partial charge < -0.3 is 9.84 Å². The SMILES string of the molecule is CC(C)(C)OC(=O)N1[C@@H](c2cccc(C(=O)O)n2)CCC[C@H]1c1ncccc1Cl. The minimum atomic E-state index is -1.12. The zero-order chi connectivity index (χ0) is 21.2. The van der Waals surface area contributed by atoms with Gasteiger partial charge in [-0.3, -0.25) is 9.88 Å². The van der Waals surface area contributed by atoms with Crippen molar-refractivity contribution < 1.29 is 19.4 Å². The van der Waals surface area contributed by atoms with Gasteiger partial charge in [-0.05, 0) is 64.3 Å². The van der Waals surface area contributed by atoms with Crippen LogP contribution in [0.25, 0.3) is 0 Å². The van der Waals surface area contributed by atoms with Gasteiger partial charge in [0.25, 0.3) is 0 Å². The van der Waals surface area contributed by atoms with E-state index >= 15 is 0 Å². The molecule has 2 aromatic rings. The molecule has 0 aliphatic carbocycles. The number of amides is 1. The van der Waals surface area contributed by atoms with Crippen LogP contribution in [-0.2, 0) is 4.74 Å². The molecular formula is C21H24ClN3O4. The van der Waals surface area contributed by atoms with Crippen molar-refractivity contribution in [3.05, 3.63) is 58.6 Å². The largest absolute Gasteiger partial charge is 0.477 e. The van der Waals surface area contributed by atoms with Crippen molar-refractivity contribution >= 4 is 23.7 Å². The third-order valence-electron chi connectivity index (χ3n) is 4.66. The lowest BCUT2D eigenvalue weighted by Gasteiger charge is -2.42. The van der Waals surface area contributed by atoms with E-state index in [1.165, 1.54) is 6.07 Å². The van der Waals surface area contributed by atoms with E-state index in [1.54, 1.807) is 56.1 Å². The summed E-state index contributed by atoms with van der Waals surface area (Å²) in [7, 11) is 0. The fraction of sp³-hybridized carbons (Fsp3) is 0.429. The average Bonchev–Trinajstić information content (AvgIpc) is 2.66. The number of pyridine rings is 2. The Morgan fingerprint density at radius 1 is 1.17 bits per heavy atom. The molecule has 2 atom stereocenters. The summed E-state index contributed by atoms with van der Waals surface area (Å²) in [5.74, 6) is -1.12. The summed E-state index contributed by atoms with van der Waals surface area (Å²) in [6.45, 7) is 5.40. The molecule has 1 N–H and O–H groups in total. The van der Waals surface area contributed by atoms with Gasteiger partial charge in [0.05, 0.1) is 28.5 Å². The van der Waals surface area contributed by atoms with Gasteiger partial charge >= 0.3 is 12.1 Å². The first kappa shape index (κ1) is 21.0. The molecular weight excluding hydrogens is 394 g/mol. The fourth-order valence-electron chi connectivity index (χ4n) is 3.53. The Labute approximate surface area is 174 Å². The van der Waals surface area contributed by atoms with Crippen LogP contribution in [0.15, 0.2) is 36.5 Å². The zero-order valence-electron chi connectivity index (χ0n) is 16.6. The van der Waals surface area contributed by atoms with E-state index in [-0.39, 0.29) is 5.69 Å². The monoisotopic (exact) mass is 417 g/mol. The normalized spacial score (nSPS) is 19.7. The summed E-state index contributed by atoms with van der Waals surface area (Å²) in [6, 6.07) is 7.44. The number of hydrogen-bond donors (Lipinski definition) is 1. The summed E-state index contributed by atoms with van der Waals surface area (Å²) >= 11 is 6.39. The Kier molecular flexibility index (Phi) is 6.07. The molecule has 29 heavy (non-hydrogen) atoms. The molecule has 1 aliphatic heterocycles. The molecule has 3 rings (SSSR count). The van der Waals surface area contributed by atoms with Gasteiger partial charge in [-0.15, -0.1) is 0 Å². The number of halogens is 1. The number of rotatable bonds is 3. The fourth-order valence-corrected chi connectivity index (χ4v) is 3.77. The van der Waals surface area contributed by atoms with Crippen LogP contribution in [0.5, 0.6) is 0 Å². The second-order valence-corrected chi connectivity index (χ2v) is 8.38. The highest BCUT2D eigenvalue weighted by molar-refractivity contribution is 6.31. The molecule has 1 fully saturated rings. The topological polar surface area (TPSA) is 92.6 Å². The molecule has 8 heteroatoms. The highest BCUT2D eigenvalue weighted by Crippen LogP contribution is 2.43. The van der Waals surface area contributed by atoms with E-state index in [9.17, 15) is 14.7 Å². The van der Waals surface area contributed by atoms with Crippen molar-refractivity contribution in [2.24, 2.45) is 0 Å². The quantitative estimate of drug-likeness (QED) is 0.752. The van der Waals surface area contributed by atoms with Crippen molar-refractivity contribution in [3.63, 3.8) is 0 Å². The van der Waals surface area contributed by atoms with Crippen molar-refractivity contribution in [3.8, 4) is 0 Å². The first-order valence-electron chi connectivity index (χ1n) is 9.49. The summed E-state index contributed by atoms with van der Waals surface area (Å²) in [6.07, 6.45) is 3.25. The number of carboxylic acid groups (broad SMARTS) is 1. The van der Waals surface area contributed by atoms with Gasteiger partial charge in [0.1, 0.15) is 11.3 Å². The Morgan fingerprint density at radius 3 is 2.55 bits per heavy atom. The lowest BCUT2D eigenvalue weighted by atomic mass is 9.91. The molecule has 3 heterocycles. The molecule has 0 saturated carbocycles. The minimum absolute atomic E-state index is 0.0652. The van der Waals surface area contributed by atoms with E-state index in [0.29, 0.717) is 29.3 Å². The predicted molar refractivity (Wildman–Crippen MR) is 108 cm³/mol. The first-order valence-corrected chi connectivity index (χ1v) is 9.87. The van der Waals surface area contributed by atoms with E-state index in [2.05, 4.69) is 9.97 Å². The lowest BCUT2D eigenvalue weighted by molar-refractivity contribution is -0.00793. The van der Waals surface area contributed by atoms with Crippen molar-refractivity contribution in [1.29, 1.82) is 0 Å². The van der Waals surface area contributed by atoms with Crippen LogP contribution in [0, 0.1) is 0 Å². The van der Waals surface area contributed by atoms with Crippen molar-refractivity contribution in [1.82, 2.24) is 14.9 Å². The average molecular weight is 418 g/mol. The van der Waals surface area contributed by atoms with Crippen LogP contribution < -0.4 is 0 Å². The van der Waals surface area contributed by atoms with Crippen LogP contribution in [0.1, 0.15) is 74.0 Å². The standard InChI is InChI=1S/C21H24ClN3O4/c1-21(2,3)29-20(28)25-16(14-8-4-9-15(24-14)19(26)27)10-5-11-17(25)18-13(22)7-6-12-23-18/h4,6-9,12,16-17H,5,10-11H2,1-3H3,(H,26,27)/t16-,17+/m1/s1. The van der Waals surface area contributed by atoms with E-state index < -0.39 is 29.7 Å². The van der Waals surface area contributed by atoms with Crippen LogP contribution in [-0.4, -0.2) is 37.6 Å². The second kappa shape index (κ2) is 8.37. The highest BCUT2D eigenvalue weighted by Gasteiger charge is 2.40. The van der Waals surface area contributed by atoms with Gasteiger partial charge in [0, 0.05) is 6.20 Å². The van der Waals surface area contributed by atoms with Crippen molar-refractivity contribution in [2.45, 2.75) is 57.7 Å². The number of likely N-dealkylation sites (tertiary alicyclic amines) is 1. The number of piperidine rings is 1. The number of aromatic nitrogens is 2. The maximum atomic E-state index is 13.2. The molecule has 0 bridgehead atoms. The number of aromatic carboxylic acids is 1. The number of nitrogens with zero attached hydrogens (tertiary/aromatic N) is 3. The van der Waals surface area contributed by atoms with Crippen molar-refractivity contribution in [2.75, 3.05) is 0 Å².